The van der Waals surface area contributed by atoms with Crippen LogP contribution in [0.15, 0.2) is 4.79 Å². The summed E-state index contributed by atoms with van der Waals surface area (Å²) in [5.74, 6) is 1.39. The smallest absolute Gasteiger partial charge is 0.343 e. The monoisotopic (exact) mass is 234 g/mol. The molecule has 0 amide bonds. The Morgan fingerprint density at radius 1 is 1.35 bits per heavy atom. The first kappa shape index (κ1) is 10.5. The summed E-state index contributed by atoms with van der Waals surface area (Å²) in [7, 11) is 0. The van der Waals surface area contributed by atoms with Crippen molar-refractivity contribution in [2.75, 3.05) is 0 Å². The lowest BCUT2D eigenvalue weighted by Gasteiger charge is -2.11. The number of H-pyrrole nitrogens is 1. The quantitative estimate of drug-likeness (QED) is 0.807. The maximum atomic E-state index is 11.7. The van der Waals surface area contributed by atoms with Crippen LogP contribution >= 0.6 is 0 Å². The first-order chi connectivity index (χ1) is 8.06. The van der Waals surface area contributed by atoms with Crippen LogP contribution < -0.4 is 5.56 Å². The van der Waals surface area contributed by atoms with Gasteiger partial charge in [0.15, 0.2) is 0 Å². The van der Waals surface area contributed by atoms with Gasteiger partial charge in [-0.2, -0.15) is 0 Å². The number of rotatable bonds is 2. The molecular formula is C12H14N2O3. The predicted octanol–water partition coefficient (Wildman–Crippen LogP) is 1.29. The average molecular weight is 234 g/mol. The molecule has 2 saturated carbocycles. The highest BCUT2D eigenvalue weighted by molar-refractivity contribution is 5.88. The van der Waals surface area contributed by atoms with Crippen molar-refractivity contribution in [3.63, 3.8) is 0 Å². The van der Waals surface area contributed by atoms with E-state index in [1.165, 1.54) is 6.42 Å². The molecular weight excluding hydrogens is 220 g/mol. The molecule has 1 aromatic rings. The lowest BCUT2D eigenvalue weighted by molar-refractivity contribution is 0.0693. The van der Waals surface area contributed by atoms with Gasteiger partial charge in [0.2, 0.25) is 0 Å². The van der Waals surface area contributed by atoms with Crippen LogP contribution in [-0.4, -0.2) is 21.0 Å². The summed E-state index contributed by atoms with van der Waals surface area (Å²) in [6, 6.07) is 0. The standard InChI is InChI=1S/C12H14N2O3/c1-5-9(12(16)17)11(15)14-10(13-5)8-3-6-2-7(6)4-8/h6-8H,2-4H2,1H3,(H,16,17)(H,13,14,15). The van der Waals surface area contributed by atoms with Crippen molar-refractivity contribution in [1.29, 1.82) is 0 Å². The molecule has 17 heavy (non-hydrogen) atoms. The maximum Gasteiger partial charge on any atom is 0.343 e. The van der Waals surface area contributed by atoms with Crippen molar-refractivity contribution in [3.8, 4) is 0 Å². The van der Waals surface area contributed by atoms with Gasteiger partial charge in [-0.3, -0.25) is 4.79 Å². The van der Waals surface area contributed by atoms with Gasteiger partial charge in [-0.15, -0.1) is 0 Å². The summed E-state index contributed by atoms with van der Waals surface area (Å²) < 4.78 is 0. The summed E-state index contributed by atoms with van der Waals surface area (Å²) >= 11 is 0. The fraction of sp³-hybridized carbons (Fsp3) is 0.583. The molecule has 2 atom stereocenters. The zero-order valence-corrected chi connectivity index (χ0v) is 9.56. The minimum atomic E-state index is -1.21. The van der Waals surface area contributed by atoms with Crippen LogP contribution in [0.3, 0.4) is 0 Å². The van der Waals surface area contributed by atoms with E-state index in [0.29, 0.717) is 17.4 Å². The Labute approximate surface area is 97.9 Å². The molecule has 1 aromatic heterocycles. The number of hydrogen-bond donors (Lipinski definition) is 2. The molecule has 0 aliphatic heterocycles. The highest BCUT2D eigenvalue weighted by Crippen LogP contribution is 2.56. The lowest BCUT2D eigenvalue weighted by Crippen LogP contribution is -2.23. The second kappa shape index (κ2) is 3.42. The van der Waals surface area contributed by atoms with Crippen LogP contribution in [0, 0.1) is 18.8 Å². The summed E-state index contributed by atoms with van der Waals surface area (Å²) in [6.07, 6.45) is 3.48. The van der Waals surface area contributed by atoms with Gasteiger partial charge in [0.1, 0.15) is 11.4 Å². The van der Waals surface area contributed by atoms with Gasteiger partial charge in [-0.25, -0.2) is 9.78 Å². The fourth-order valence-corrected chi connectivity index (χ4v) is 2.99. The average Bonchev–Trinajstić information content (AvgIpc) is 2.84. The molecule has 5 heteroatoms. The Hall–Kier alpha value is -1.65. The number of carbonyl (C=O) groups is 1. The van der Waals surface area contributed by atoms with Gasteiger partial charge in [-0.1, -0.05) is 0 Å². The van der Waals surface area contributed by atoms with E-state index in [1.807, 2.05) is 0 Å². The fourth-order valence-electron chi connectivity index (χ4n) is 2.99. The first-order valence-electron chi connectivity index (χ1n) is 5.90. The minimum absolute atomic E-state index is 0.239. The molecule has 90 valence electrons. The van der Waals surface area contributed by atoms with Crippen molar-refractivity contribution in [1.82, 2.24) is 9.97 Å². The molecule has 5 nitrogen and oxygen atoms in total. The van der Waals surface area contributed by atoms with Gasteiger partial charge in [0, 0.05) is 5.92 Å². The summed E-state index contributed by atoms with van der Waals surface area (Å²) in [6.45, 7) is 1.58. The normalized spacial score (nSPS) is 30.1. The van der Waals surface area contributed by atoms with Crippen LogP contribution in [0.2, 0.25) is 0 Å². The lowest BCUT2D eigenvalue weighted by atomic mass is 10.0. The molecule has 1 heterocycles. The number of nitrogens with zero attached hydrogens (tertiary/aromatic N) is 1. The van der Waals surface area contributed by atoms with E-state index in [0.717, 1.165) is 24.7 Å². The number of nitrogens with one attached hydrogen (secondary N) is 1. The third-order valence-electron chi connectivity index (χ3n) is 3.96. The highest BCUT2D eigenvalue weighted by Gasteiger charge is 2.47. The van der Waals surface area contributed by atoms with Crippen LogP contribution in [0.25, 0.3) is 0 Å². The second-order valence-corrected chi connectivity index (χ2v) is 5.14. The second-order valence-electron chi connectivity index (χ2n) is 5.14. The number of hydrogen-bond acceptors (Lipinski definition) is 3. The Kier molecular flexibility index (Phi) is 2.11. The first-order valence-corrected chi connectivity index (χ1v) is 5.90. The molecule has 0 radical (unpaired) electrons. The molecule has 0 aromatic carbocycles. The van der Waals surface area contributed by atoms with Crippen LogP contribution in [0.4, 0.5) is 0 Å². The number of aromatic amines is 1. The largest absolute Gasteiger partial charge is 0.477 e. The third kappa shape index (κ3) is 1.66. The van der Waals surface area contributed by atoms with Crippen molar-refractivity contribution in [2.45, 2.75) is 32.1 Å². The SMILES string of the molecule is Cc1nc(C2CC3CC3C2)[nH]c(=O)c1C(=O)O. The molecule has 0 spiro atoms. The minimum Gasteiger partial charge on any atom is -0.477 e. The van der Waals surface area contributed by atoms with Crippen molar-refractivity contribution < 1.29 is 9.90 Å². The number of aryl methyl sites for hydroxylation is 1. The zero-order valence-electron chi connectivity index (χ0n) is 9.56. The molecule has 2 aliphatic carbocycles. The topological polar surface area (TPSA) is 83.0 Å². The van der Waals surface area contributed by atoms with Crippen LogP contribution in [0.5, 0.6) is 0 Å². The van der Waals surface area contributed by atoms with Crippen molar-refractivity contribution in [3.05, 3.63) is 27.4 Å². The van der Waals surface area contributed by atoms with E-state index in [1.54, 1.807) is 6.92 Å². The predicted molar refractivity (Wildman–Crippen MR) is 60.1 cm³/mol. The maximum absolute atomic E-state index is 11.7. The summed E-state index contributed by atoms with van der Waals surface area (Å²) in [4.78, 5) is 29.4. The van der Waals surface area contributed by atoms with Gasteiger partial charge in [0.05, 0.1) is 5.69 Å². The van der Waals surface area contributed by atoms with Gasteiger partial charge in [-0.05, 0) is 38.0 Å². The van der Waals surface area contributed by atoms with E-state index < -0.39 is 11.5 Å². The van der Waals surface area contributed by atoms with Crippen molar-refractivity contribution in [2.24, 2.45) is 11.8 Å². The number of aromatic nitrogens is 2. The molecule has 3 rings (SSSR count). The van der Waals surface area contributed by atoms with Crippen molar-refractivity contribution >= 4 is 5.97 Å². The Morgan fingerprint density at radius 3 is 2.53 bits per heavy atom. The molecule has 2 N–H and O–H groups in total. The third-order valence-corrected chi connectivity index (χ3v) is 3.96. The van der Waals surface area contributed by atoms with Crippen LogP contribution in [-0.2, 0) is 0 Å². The van der Waals surface area contributed by atoms with E-state index in [4.69, 9.17) is 5.11 Å². The Balaban J connectivity index is 1.97. The van der Waals surface area contributed by atoms with Gasteiger partial charge >= 0.3 is 5.97 Å². The Morgan fingerprint density at radius 2 is 2.00 bits per heavy atom. The van der Waals surface area contributed by atoms with Gasteiger partial charge in [0.25, 0.3) is 5.56 Å². The number of fused-ring (bicyclic) bond motifs is 1. The highest BCUT2D eigenvalue weighted by atomic mass is 16.4. The summed E-state index contributed by atoms with van der Waals surface area (Å²) in [5, 5.41) is 8.89. The van der Waals surface area contributed by atoms with E-state index in [-0.39, 0.29) is 5.56 Å². The van der Waals surface area contributed by atoms with E-state index in [9.17, 15) is 9.59 Å². The number of carboxylic acid groups (broad SMARTS) is 1. The van der Waals surface area contributed by atoms with Gasteiger partial charge < -0.3 is 10.1 Å². The molecule has 0 saturated heterocycles. The number of carboxylic acids is 1. The summed E-state index contributed by atoms with van der Waals surface area (Å²) in [5.41, 5.74) is -0.450. The van der Waals surface area contributed by atoms with E-state index in [2.05, 4.69) is 9.97 Å². The Bertz CT molecular complexity index is 539. The number of aromatic carboxylic acids is 1. The molecule has 2 fully saturated rings. The van der Waals surface area contributed by atoms with E-state index >= 15 is 0 Å². The molecule has 2 unspecified atom stereocenters. The van der Waals surface area contributed by atoms with Crippen LogP contribution in [0.1, 0.15) is 47.1 Å². The molecule has 0 bridgehead atoms. The molecule has 2 aliphatic rings. The zero-order chi connectivity index (χ0) is 12.2.